The third kappa shape index (κ3) is 1.36. The molecule has 0 amide bonds. The molecule has 2 aliphatic rings. The van der Waals surface area contributed by atoms with Crippen LogP contribution >= 0.6 is 11.8 Å². The van der Waals surface area contributed by atoms with Crippen LogP contribution in [0.5, 0.6) is 0 Å². The predicted octanol–water partition coefficient (Wildman–Crippen LogP) is 0.985. The van der Waals surface area contributed by atoms with Gasteiger partial charge < -0.3 is 10.6 Å². The molecule has 0 unspecified atom stereocenters. The van der Waals surface area contributed by atoms with Gasteiger partial charge in [-0.3, -0.25) is 4.99 Å². The van der Waals surface area contributed by atoms with Gasteiger partial charge in [0.25, 0.3) is 0 Å². The van der Waals surface area contributed by atoms with Crippen LogP contribution in [0.15, 0.2) is 16.1 Å². The Kier molecular flexibility index (Phi) is 2.37. The van der Waals surface area contributed by atoms with Gasteiger partial charge in [0.1, 0.15) is 0 Å². The minimum absolute atomic E-state index is 0.732. The van der Waals surface area contributed by atoms with Crippen molar-refractivity contribution >= 4 is 16.9 Å². The van der Waals surface area contributed by atoms with Crippen molar-refractivity contribution in [3.05, 3.63) is 11.1 Å². The van der Waals surface area contributed by atoms with E-state index in [0.29, 0.717) is 0 Å². The summed E-state index contributed by atoms with van der Waals surface area (Å²) in [5, 5.41) is 3.35. The third-order valence-electron chi connectivity index (χ3n) is 2.07. The summed E-state index contributed by atoms with van der Waals surface area (Å²) < 4.78 is 0. The van der Waals surface area contributed by atoms with Gasteiger partial charge in [-0.1, -0.05) is 11.8 Å². The van der Waals surface area contributed by atoms with Gasteiger partial charge >= 0.3 is 0 Å². The highest BCUT2D eigenvalue weighted by molar-refractivity contribution is 8.16. The standard InChI is InChI=1S/C8H13N3S/c9-3-2-7-6-12-8-10-4-1-5-11(7)8/h6H,1-5,9H2. The topological polar surface area (TPSA) is 41.6 Å². The molecule has 2 N–H and O–H groups in total. The molecule has 0 saturated carbocycles. The number of aliphatic imine (C=N–C) groups is 1. The molecule has 0 aromatic heterocycles. The van der Waals surface area contributed by atoms with Gasteiger partial charge in [0.15, 0.2) is 5.17 Å². The lowest BCUT2D eigenvalue weighted by Crippen LogP contribution is -2.30. The highest BCUT2D eigenvalue weighted by Gasteiger charge is 2.23. The lowest BCUT2D eigenvalue weighted by atomic mass is 10.2. The van der Waals surface area contributed by atoms with E-state index in [-0.39, 0.29) is 0 Å². The molecule has 0 atom stereocenters. The number of thioether (sulfide) groups is 1. The first kappa shape index (κ1) is 8.13. The molecule has 0 bridgehead atoms. The van der Waals surface area contributed by atoms with E-state index in [4.69, 9.17) is 5.73 Å². The van der Waals surface area contributed by atoms with Gasteiger partial charge in [0.2, 0.25) is 0 Å². The lowest BCUT2D eigenvalue weighted by molar-refractivity contribution is 0.472. The van der Waals surface area contributed by atoms with Crippen LogP contribution in [0.4, 0.5) is 0 Å². The fraction of sp³-hybridized carbons (Fsp3) is 0.625. The Morgan fingerprint density at radius 3 is 3.42 bits per heavy atom. The maximum atomic E-state index is 5.51. The van der Waals surface area contributed by atoms with Gasteiger partial charge in [-0.05, 0) is 18.4 Å². The van der Waals surface area contributed by atoms with Gasteiger partial charge in [0.05, 0.1) is 0 Å². The molecule has 4 heteroatoms. The van der Waals surface area contributed by atoms with Crippen molar-refractivity contribution < 1.29 is 0 Å². The Morgan fingerprint density at radius 1 is 1.67 bits per heavy atom. The first-order valence-corrected chi connectivity index (χ1v) is 5.17. The quantitative estimate of drug-likeness (QED) is 0.694. The molecule has 3 nitrogen and oxygen atoms in total. The first-order valence-electron chi connectivity index (χ1n) is 4.29. The first-order chi connectivity index (χ1) is 5.92. The maximum absolute atomic E-state index is 5.51. The second-order valence-electron chi connectivity index (χ2n) is 2.94. The van der Waals surface area contributed by atoms with Crippen molar-refractivity contribution in [3.63, 3.8) is 0 Å². The molecule has 0 fully saturated rings. The summed E-state index contributed by atoms with van der Waals surface area (Å²) in [6.07, 6.45) is 2.15. The lowest BCUT2D eigenvalue weighted by Gasteiger charge is -2.24. The van der Waals surface area contributed by atoms with Crippen LogP contribution < -0.4 is 5.73 Å². The highest BCUT2D eigenvalue weighted by atomic mass is 32.2. The normalized spacial score (nSPS) is 21.9. The summed E-state index contributed by atoms with van der Waals surface area (Å²) in [5.74, 6) is 0. The zero-order chi connectivity index (χ0) is 8.39. The van der Waals surface area contributed by atoms with E-state index in [1.807, 2.05) is 0 Å². The van der Waals surface area contributed by atoms with Crippen molar-refractivity contribution in [1.82, 2.24) is 4.90 Å². The van der Waals surface area contributed by atoms with Gasteiger partial charge in [0, 0.05) is 25.2 Å². The third-order valence-corrected chi connectivity index (χ3v) is 3.02. The van der Waals surface area contributed by atoms with E-state index in [0.717, 1.165) is 26.1 Å². The van der Waals surface area contributed by atoms with Crippen LogP contribution in [0.2, 0.25) is 0 Å². The average Bonchev–Trinajstić information content (AvgIpc) is 2.50. The Morgan fingerprint density at radius 2 is 2.58 bits per heavy atom. The summed E-state index contributed by atoms with van der Waals surface area (Å²) in [5.41, 5.74) is 6.86. The summed E-state index contributed by atoms with van der Waals surface area (Å²) in [6.45, 7) is 2.84. The Hall–Kier alpha value is -0.480. The second kappa shape index (κ2) is 3.49. The van der Waals surface area contributed by atoms with E-state index < -0.39 is 0 Å². The number of nitrogens with two attached hydrogens (primary N) is 1. The van der Waals surface area contributed by atoms with E-state index >= 15 is 0 Å². The molecule has 12 heavy (non-hydrogen) atoms. The summed E-state index contributed by atoms with van der Waals surface area (Å²) >= 11 is 1.73. The van der Waals surface area contributed by atoms with Crippen LogP contribution in [-0.4, -0.2) is 29.7 Å². The summed E-state index contributed by atoms with van der Waals surface area (Å²) in [4.78, 5) is 6.73. The minimum atomic E-state index is 0.732. The van der Waals surface area contributed by atoms with Crippen LogP contribution in [-0.2, 0) is 0 Å². The smallest absolute Gasteiger partial charge is 0.167 e. The van der Waals surface area contributed by atoms with Crippen LogP contribution in [0, 0.1) is 0 Å². The molecule has 66 valence electrons. The molecule has 2 aliphatic heterocycles. The number of amidine groups is 1. The zero-order valence-electron chi connectivity index (χ0n) is 6.99. The Balaban J connectivity index is 2.09. The summed E-state index contributed by atoms with van der Waals surface area (Å²) in [7, 11) is 0. The van der Waals surface area contributed by atoms with Gasteiger partial charge in [-0.2, -0.15) is 0 Å². The SMILES string of the molecule is NCCC1=CSC2=NCCCN12. The summed E-state index contributed by atoms with van der Waals surface area (Å²) in [6, 6.07) is 0. The molecular weight excluding hydrogens is 170 g/mol. The predicted molar refractivity (Wildman–Crippen MR) is 53.0 cm³/mol. The molecule has 0 spiro atoms. The minimum Gasteiger partial charge on any atom is -0.330 e. The number of fused-ring (bicyclic) bond motifs is 1. The molecule has 2 heterocycles. The number of rotatable bonds is 2. The molecular formula is C8H13N3S. The molecule has 0 aromatic carbocycles. The van der Waals surface area contributed by atoms with Crippen molar-refractivity contribution in [2.45, 2.75) is 12.8 Å². The van der Waals surface area contributed by atoms with E-state index in [1.54, 1.807) is 11.8 Å². The van der Waals surface area contributed by atoms with Gasteiger partial charge in [-0.25, -0.2) is 0 Å². The van der Waals surface area contributed by atoms with Crippen molar-refractivity contribution in [1.29, 1.82) is 0 Å². The molecule has 2 rings (SSSR count). The van der Waals surface area contributed by atoms with Gasteiger partial charge in [-0.15, -0.1) is 0 Å². The fourth-order valence-corrected chi connectivity index (χ4v) is 2.47. The van der Waals surface area contributed by atoms with Crippen molar-refractivity contribution in [3.8, 4) is 0 Å². The molecule has 0 saturated heterocycles. The maximum Gasteiger partial charge on any atom is 0.167 e. The van der Waals surface area contributed by atoms with E-state index in [9.17, 15) is 0 Å². The highest BCUT2D eigenvalue weighted by Crippen LogP contribution is 2.29. The van der Waals surface area contributed by atoms with E-state index in [2.05, 4.69) is 15.3 Å². The molecule has 0 aromatic rings. The number of nitrogens with zero attached hydrogens (tertiary/aromatic N) is 2. The second-order valence-corrected chi connectivity index (χ2v) is 3.77. The van der Waals surface area contributed by atoms with Crippen LogP contribution in [0.25, 0.3) is 0 Å². The monoisotopic (exact) mass is 183 g/mol. The fourth-order valence-electron chi connectivity index (χ4n) is 1.48. The Bertz CT molecular complexity index is 234. The molecule has 0 radical (unpaired) electrons. The number of hydrogen-bond acceptors (Lipinski definition) is 4. The zero-order valence-corrected chi connectivity index (χ0v) is 7.81. The Labute approximate surface area is 76.7 Å². The van der Waals surface area contributed by atoms with Crippen molar-refractivity contribution in [2.24, 2.45) is 10.7 Å². The van der Waals surface area contributed by atoms with E-state index in [1.165, 1.54) is 17.3 Å². The van der Waals surface area contributed by atoms with Crippen molar-refractivity contribution in [2.75, 3.05) is 19.6 Å². The molecule has 0 aliphatic carbocycles. The van der Waals surface area contributed by atoms with Crippen LogP contribution in [0.3, 0.4) is 0 Å². The average molecular weight is 183 g/mol. The van der Waals surface area contributed by atoms with Crippen LogP contribution in [0.1, 0.15) is 12.8 Å². The number of hydrogen-bond donors (Lipinski definition) is 1. The largest absolute Gasteiger partial charge is 0.330 e.